The van der Waals surface area contributed by atoms with Crippen LogP contribution in [0.25, 0.3) is 0 Å². The summed E-state index contributed by atoms with van der Waals surface area (Å²) >= 11 is 0. The van der Waals surface area contributed by atoms with E-state index in [-0.39, 0.29) is 6.04 Å². The summed E-state index contributed by atoms with van der Waals surface area (Å²) in [6.45, 7) is 3.73. The SMILES string of the molecule is COc1cccc(CNC[C@H](c2ccccc2)[C@H](C)N)c1. The van der Waals surface area contributed by atoms with E-state index in [1.54, 1.807) is 7.11 Å². The molecule has 0 saturated heterocycles. The molecule has 0 fully saturated rings. The maximum atomic E-state index is 6.13. The Morgan fingerprint density at radius 2 is 1.86 bits per heavy atom. The van der Waals surface area contributed by atoms with Crippen molar-refractivity contribution in [3.8, 4) is 5.75 Å². The minimum absolute atomic E-state index is 0.116. The molecule has 0 aliphatic rings. The van der Waals surface area contributed by atoms with Gasteiger partial charge in [-0.1, -0.05) is 42.5 Å². The lowest BCUT2D eigenvalue weighted by atomic mass is 9.93. The summed E-state index contributed by atoms with van der Waals surface area (Å²) in [5, 5.41) is 3.50. The van der Waals surface area contributed by atoms with Crippen LogP contribution in [-0.4, -0.2) is 19.7 Å². The van der Waals surface area contributed by atoms with Gasteiger partial charge in [-0.15, -0.1) is 0 Å². The van der Waals surface area contributed by atoms with Crippen molar-refractivity contribution >= 4 is 0 Å². The number of rotatable bonds is 7. The van der Waals surface area contributed by atoms with E-state index >= 15 is 0 Å². The van der Waals surface area contributed by atoms with Gasteiger partial charge in [-0.3, -0.25) is 0 Å². The second-order valence-electron chi connectivity index (χ2n) is 5.36. The summed E-state index contributed by atoms with van der Waals surface area (Å²) in [6, 6.07) is 18.7. The molecule has 0 heterocycles. The van der Waals surface area contributed by atoms with Crippen LogP contribution in [0.2, 0.25) is 0 Å². The standard InChI is InChI=1S/C18H24N2O/c1-14(19)18(16-8-4-3-5-9-16)13-20-12-15-7-6-10-17(11-15)21-2/h3-11,14,18,20H,12-13,19H2,1-2H3/t14-,18-/m0/s1. The average Bonchev–Trinajstić information content (AvgIpc) is 2.52. The normalized spacial score (nSPS) is 13.7. The van der Waals surface area contributed by atoms with Crippen LogP contribution in [0.1, 0.15) is 24.0 Å². The van der Waals surface area contributed by atoms with Gasteiger partial charge in [0.25, 0.3) is 0 Å². The van der Waals surface area contributed by atoms with Crippen LogP contribution in [-0.2, 0) is 6.54 Å². The Morgan fingerprint density at radius 1 is 1.10 bits per heavy atom. The van der Waals surface area contributed by atoms with E-state index < -0.39 is 0 Å². The predicted molar refractivity (Wildman–Crippen MR) is 87.5 cm³/mol. The van der Waals surface area contributed by atoms with Crippen LogP contribution in [0.5, 0.6) is 5.75 Å². The maximum Gasteiger partial charge on any atom is 0.119 e. The monoisotopic (exact) mass is 284 g/mol. The van der Waals surface area contributed by atoms with Crippen molar-refractivity contribution in [3.63, 3.8) is 0 Å². The predicted octanol–water partition coefficient (Wildman–Crippen LogP) is 2.92. The summed E-state index contributed by atoms with van der Waals surface area (Å²) < 4.78 is 5.24. The van der Waals surface area contributed by atoms with Gasteiger partial charge < -0.3 is 15.8 Å². The van der Waals surface area contributed by atoms with Gasteiger partial charge in [0.2, 0.25) is 0 Å². The molecule has 3 N–H and O–H groups in total. The molecule has 2 aromatic carbocycles. The highest BCUT2D eigenvalue weighted by molar-refractivity contribution is 5.28. The highest BCUT2D eigenvalue weighted by Crippen LogP contribution is 2.18. The van der Waals surface area contributed by atoms with E-state index in [0.29, 0.717) is 5.92 Å². The van der Waals surface area contributed by atoms with Gasteiger partial charge in [0.05, 0.1) is 7.11 Å². The Labute approximate surface area is 127 Å². The molecule has 0 spiro atoms. The Balaban J connectivity index is 1.93. The first-order valence-corrected chi connectivity index (χ1v) is 7.35. The topological polar surface area (TPSA) is 47.3 Å². The number of nitrogens with two attached hydrogens (primary N) is 1. The number of nitrogens with one attached hydrogen (secondary N) is 1. The fraction of sp³-hybridized carbons (Fsp3) is 0.333. The summed E-state index contributed by atoms with van der Waals surface area (Å²) in [5.74, 6) is 1.21. The first kappa shape index (κ1) is 15.5. The molecule has 0 bridgehead atoms. The van der Waals surface area contributed by atoms with Crippen LogP contribution in [0.15, 0.2) is 54.6 Å². The van der Waals surface area contributed by atoms with Crippen molar-refractivity contribution in [2.45, 2.75) is 25.4 Å². The van der Waals surface area contributed by atoms with Gasteiger partial charge in [-0.25, -0.2) is 0 Å². The number of methoxy groups -OCH3 is 1. The van der Waals surface area contributed by atoms with Gasteiger partial charge in [0.15, 0.2) is 0 Å². The average molecular weight is 284 g/mol. The van der Waals surface area contributed by atoms with Crippen LogP contribution in [0, 0.1) is 0 Å². The Morgan fingerprint density at radius 3 is 2.52 bits per heavy atom. The molecular weight excluding hydrogens is 260 g/mol. The molecule has 3 nitrogen and oxygen atoms in total. The van der Waals surface area contributed by atoms with Gasteiger partial charge >= 0.3 is 0 Å². The summed E-state index contributed by atoms with van der Waals surface area (Å²) in [7, 11) is 1.69. The molecule has 21 heavy (non-hydrogen) atoms. The van der Waals surface area contributed by atoms with Gasteiger partial charge in [0, 0.05) is 25.0 Å². The molecule has 0 aliphatic carbocycles. The van der Waals surface area contributed by atoms with E-state index in [1.165, 1.54) is 11.1 Å². The summed E-state index contributed by atoms with van der Waals surface area (Å²) in [5.41, 5.74) is 8.63. The molecule has 0 aromatic heterocycles. The van der Waals surface area contributed by atoms with E-state index in [9.17, 15) is 0 Å². The third-order valence-corrected chi connectivity index (χ3v) is 3.69. The molecule has 0 unspecified atom stereocenters. The zero-order chi connectivity index (χ0) is 15.1. The molecule has 0 amide bonds. The van der Waals surface area contributed by atoms with Crippen molar-refractivity contribution in [3.05, 3.63) is 65.7 Å². The fourth-order valence-electron chi connectivity index (χ4n) is 2.46. The van der Waals surface area contributed by atoms with E-state index in [2.05, 4.69) is 48.6 Å². The molecular formula is C18H24N2O. The third kappa shape index (κ3) is 4.59. The van der Waals surface area contributed by atoms with Crippen molar-refractivity contribution < 1.29 is 4.74 Å². The molecule has 3 heteroatoms. The largest absolute Gasteiger partial charge is 0.497 e. The Hall–Kier alpha value is -1.84. The lowest BCUT2D eigenvalue weighted by molar-refractivity contribution is 0.414. The zero-order valence-corrected chi connectivity index (χ0v) is 12.8. The van der Waals surface area contributed by atoms with Crippen molar-refractivity contribution in [1.82, 2.24) is 5.32 Å². The van der Waals surface area contributed by atoms with Crippen molar-refractivity contribution in [2.24, 2.45) is 5.73 Å². The second kappa shape index (κ2) is 7.81. The summed E-state index contributed by atoms with van der Waals surface area (Å²) in [4.78, 5) is 0. The van der Waals surface area contributed by atoms with Gasteiger partial charge in [0.1, 0.15) is 5.75 Å². The lowest BCUT2D eigenvalue weighted by Crippen LogP contribution is -2.33. The fourth-order valence-corrected chi connectivity index (χ4v) is 2.46. The Bertz CT molecular complexity index is 540. The Kier molecular flexibility index (Phi) is 5.78. The van der Waals surface area contributed by atoms with Crippen LogP contribution >= 0.6 is 0 Å². The van der Waals surface area contributed by atoms with Crippen LogP contribution < -0.4 is 15.8 Å². The minimum Gasteiger partial charge on any atom is -0.497 e. The van der Waals surface area contributed by atoms with Crippen molar-refractivity contribution in [2.75, 3.05) is 13.7 Å². The molecule has 112 valence electrons. The molecule has 0 aliphatic heterocycles. The first-order chi connectivity index (χ1) is 10.2. The minimum atomic E-state index is 0.116. The third-order valence-electron chi connectivity index (χ3n) is 3.69. The molecule has 2 aromatic rings. The second-order valence-corrected chi connectivity index (χ2v) is 5.36. The van der Waals surface area contributed by atoms with E-state index in [1.807, 2.05) is 18.2 Å². The first-order valence-electron chi connectivity index (χ1n) is 7.35. The quantitative estimate of drug-likeness (QED) is 0.822. The van der Waals surface area contributed by atoms with E-state index in [4.69, 9.17) is 10.5 Å². The zero-order valence-electron chi connectivity index (χ0n) is 12.8. The molecule has 0 saturated carbocycles. The molecule has 2 atom stereocenters. The number of hydrogen-bond donors (Lipinski definition) is 2. The van der Waals surface area contributed by atoms with E-state index in [0.717, 1.165) is 18.8 Å². The highest BCUT2D eigenvalue weighted by atomic mass is 16.5. The number of hydrogen-bond acceptors (Lipinski definition) is 3. The molecule has 2 rings (SSSR count). The molecule has 0 radical (unpaired) electrons. The highest BCUT2D eigenvalue weighted by Gasteiger charge is 2.15. The van der Waals surface area contributed by atoms with Crippen LogP contribution in [0.3, 0.4) is 0 Å². The van der Waals surface area contributed by atoms with Crippen LogP contribution in [0.4, 0.5) is 0 Å². The number of benzene rings is 2. The maximum absolute atomic E-state index is 6.13. The van der Waals surface area contributed by atoms with Gasteiger partial charge in [-0.05, 0) is 30.2 Å². The van der Waals surface area contributed by atoms with Crippen molar-refractivity contribution in [1.29, 1.82) is 0 Å². The lowest BCUT2D eigenvalue weighted by Gasteiger charge is -2.22. The smallest absolute Gasteiger partial charge is 0.119 e. The van der Waals surface area contributed by atoms with Gasteiger partial charge in [-0.2, -0.15) is 0 Å². The summed E-state index contributed by atoms with van der Waals surface area (Å²) in [6.07, 6.45) is 0. The number of ether oxygens (including phenoxy) is 1.